The number of urea groups is 1. The maximum atomic E-state index is 11.9. The van der Waals surface area contributed by atoms with Gasteiger partial charge in [-0.1, -0.05) is 11.6 Å². The second kappa shape index (κ2) is 6.67. The molecule has 114 valence electrons. The molecule has 1 aromatic rings. The summed E-state index contributed by atoms with van der Waals surface area (Å²) in [5, 5.41) is 5.26. The van der Waals surface area contributed by atoms with Crippen molar-refractivity contribution in [2.75, 3.05) is 43.5 Å². The van der Waals surface area contributed by atoms with E-state index in [0.717, 1.165) is 30.9 Å². The van der Waals surface area contributed by atoms with E-state index in [1.54, 1.807) is 0 Å². The van der Waals surface area contributed by atoms with Gasteiger partial charge in [0.2, 0.25) is 5.91 Å². The van der Waals surface area contributed by atoms with Gasteiger partial charge in [-0.2, -0.15) is 0 Å². The zero-order valence-electron chi connectivity index (χ0n) is 12.1. The Balaban J connectivity index is 2.20. The van der Waals surface area contributed by atoms with Crippen molar-refractivity contribution in [1.82, 2.24) is 10.6 Å². The number of nitrogens with zero attached hydrogens (tertiary/aromatic N) is 2. The van der Waals surface area contributed by atoms with Crippen LogP contribution in [0.4, 0.5) is 16.2 Å². The van der Waals surface area contributed by atoms with Crippen LogP contribution in [0.5, 0.6) is 0 Å². The van der Waals surface area contributed by atoms with E-state index in [0.29, 0.717) is 5.02 Å². The zero-order valence-corrected chi connectivity index (χ0v) is 12.9. The molecule has 21 heavy (non-hydrogen) atoms. The first-order valence-corrected chi connectivity index (χ1v) is 7.16. The predicted molar refractivity (Wildman–Crippen MR) is 84.2 cm³/mol. The first kappa shape index (κ1) is 15.4. The Bertz CT molecular complexity index is 550. The van der Waals surface area contributed by atoms with Gasteiger partial charge in [0.15, 0.2) is 0 Å². The molecule has 0 aliphatic carbocycles. The molecule has 0 fully saturated rings. The zero-order chi connectivity index (χ0) is 15.4. The SMILES string of the molecule is CNC(=O)NC(=O)CN1CCCN(C)c2ccc(Cl)cc21. The van der Waals surface area contributed by atoms with Crippen LogP contribution >= 0.6 is 11.6 Å². The number of halogens is 1. The summed E-state index contributed by atoms with van der Waals surface area (Å²) >= 11 is 6.08. The van der Waals surface area contributed by atoms with Crippen molar-refractivity contribution in [2.45, 2.75) is 6.42 Å². The molecule has 2 rings (SSSR count). The molecule has 1 aliphatic heterocycles. The average molecular weight is 311 g/mol. The molecule has 3 amide bonds. The van der Waals surface area contributed by atoms with E-state index in [-0.39, 0.29) is 12.5 Å². The number of fused-ring (bicyclic) bond motifs is 1. The summed E-state index contributed by atoms with van der Waals surface area (Å²) in [6, 6.07) is 5.14. The van der Waals surface area contributed by atoms with Crippen molar-refractivity contribution in [1.29, 1.82) is 0 Å². The number of benzene rings is 1. The van der Waals surface area contributed by atoms with Crippen LogP contribution in [0.2, 0.25) is 5.02 Å². The average Bonchev–Trinajstić information content (AvgIpc) is 2.59. The molecule has 0 saturated heterocycles. The van der Waals surface area contributed by atoms with Crippen LogP contribution in [0.25, 0.3) is 0 Å². The first-order valence-electron chi connectivity index (χ1n) is 6.78. The largest absolute Gasteiger partial charge is 0.373 e. The Morgan fingerprint density at radius 3 is 2.76 bits per heavy atom. The topological polar surface area (TPSA) is 64.7 Å². The number of hydrogen-bond donors (Lipinski definition) is 2. The Morgan fingerprint density at radius 2 is 2.05 bits per heavy atom. The number of nitrogens with one attached hydrogen (secondary N) is 2. The van der Waals surface area contributed by atoms with E-state index in [1.165, 1.54) is 7.05 Å². The summed E-state index contributed by atoms with van der Waals surface area (Å²) < 4.78 is 0. The highest BCUT2D eigenvalue weighted by Gasteiger charge is 2.21. The smallest absolute Gasteiger partial charge is 0.321 e. The minimum absolute atomic E-state index is 0.120. The highest BCUT2D eigenvalue weighted by atomic mass is 35.5. The number of rotatable bonds is 2. The maximum Gasteiger partial charge on any atom is 0.321 e. The van der Waals surface area contributed by atoms with Gasteiger partial charge in [0.25, 0.3) is 0 Å². The molecule has 0 bridgehead atoms. The molecule has 0 saturated carbocycles. The third-order valence-electron chi connectivity index (χ3n) is 3.43. The Labute approximate surface area is 129 Å². The molecule has 0 spiro atoms. The van der Waals surface area contributed by atoms with Gasteiger partial charge in [-0.15, -0.1) is 0 Å². The molecule has 0 unspecified atom stereocenters. The van der Waals surface area contributed by atoms with E-state index in [1.807, 2.05) is 30.1 Å². The van der Waals surface area contributed by atoms with Crippen molar-refractivity contribution in [3.63, 3.8) is 0 Å². The summed E-state index contributed by atoms with van der Waals surface area (Å²) in [5.41, 5.74) is 1.94. The highest BCUT2D eigenvalue weighted by Crippen LogP contribution is 2.33. The Hall–Kier alpha value is -1.95. The molecule has 0 aromatic heterocycles. The normalized spacial score (nSPS) is 14.2. The van der Waals surface area contributed by atoms with Gasteiger partial charge in [0.1, 0.15) is 0 Å². The molecule has 0 atom stereocenters. The third-order valence-corrected chi connectivity index (χ3v) is 3.66. The van der Waals surface area contributed by atoms with E-state index in [9.17, 15) is 9.59 Å². The predicted octanol–water partition coefficient (Wildman–Crippen LogP) is 1.44. The van der Waals surface area contributed by atoms with Crippen molar-refractivity contribution >= 4 is 34.9 Å². The van der Waals surface area contributed by atoms with E-state index >= 15 is 0 Å². The second-order valence-corrected chi connectivity index (χ2v) is 5.39. The van der Waals surface area contributed by atoms with E-state index < -0.39 is 6.03 Å². The molecular formula is C14H19ClN4O2. The van der Waals surface area contributed by atoms with Gasteiger partial charge in [-0.05, 0) is 24.6 Å². The molecule has 1 aliphatic rings. The maximum absolute atomic E-state index is 11.9. The van der Waals surface area contributed by atoms with Gasteiger partial charge >= 0.3 is 6.03 Å². The molecule has 7 heteroatoms. The minimum atomic E-state index is -0.502. The van der Waals surface area contributed by atoms with Crippen molar-refractivity contribution in [3.05, 3.63) is 23.2 Å². The lowest BCUT2D eigenvalue weighted by Gasteiger charge is -2.25. The van der Waals surface area contributed by atoms with Gasteiger partial charge in [0, 0.05) is 32.2 Å². The summed E-state index contributed by atoms with van der Waals surface area (Å²) in [5.74, 6) is -0.343. The summed E-state index contributed by atoms with van der Waals surface area (Å²) in [6.45, 7) is 1.76. The number of amides is 3. The minimum Gasteiger partial charge on any atom is -0.373 e. The number of imide groups is 1. The fourth-order valence-corrected chi connectivity index (χ4v) is 2.54. The summed E-state index contributed by atoms with van der Waals surface area (Å²) in [4.78, 5) is 27.2. The number of anilines is 2. The fraction of sp³-hybridized carbons (Fsp3) is 0.429. The van der Waals surface area contributed by atoms with E-state index in [2.05, 4.69) is 15.5 Å². The Kier molecular flexibility index (Phi) is 4.90. The number of carbonyl (C=O) groups is 2. The molecule has 2 N–H and O–H groups in total. The quantitative estimate of drug-likeness (QED) is 0.867. The van der Waals surface area contributed by atoms with Gasteiger partial charge in [-0.25, -0.2) is 4.79 Å². The van der Waals surface area contributed by atoms with Crippen LogP contribution < -0.4 is 20.4 Å². The van der Waals surface area contributed by atoms with Gasteiger partial charge in [0.05, 0.1) is 17.9 Å². The fourth-order valence-electron chi connectivity index (χ4n) is 2.38. The molecular weight excluding hydrogens is 292 g/mol. The van der Waals surface area contributed by atoms with Crippen LogP contribution in [0.1, 0.15) is 6.42 Å². The monoisotopic (exact) mass is 310 g/mol. The lowest BCUT2D eigenvalue weighted by Crippen LogP contribution is -2.43. The molecule has 1 heterocycles. The molecule has 6 nitrogen and oxygen atoms in total. The molecule has 0 radical (unpaired) electrons. The standard InChI is InChI=1S/C14H19ClN4O2/c1-16-14(21)17-13(20)9-19-7-3-6-18(2)11-5-4-10(15)8-12(11)19/h4-5,8H,3,6-7,9H2,1-2H3,(H2,16,17,20,21). The Morgan fingerprint density at radius 1 is 1.29 bits per heavy atom. The summed E-state index contributed by atoms with van der Waals surface area (Å²) in [7, 11) is 3.49. The second-order valence-electron chi connectivity index (χ2n) is 4.96. The number of carbonyl (C=O) groups excluding carboxylic acids is 2. The third kappa shape index (κ3) is 3.78. The van der Waals surface area contributed by atoms with Crippen molar-refractivity contribution in [2.24, 2.45) is 0 Å². The van der Waals surface area contributed by atoms with Crippen LogP contribution in [0.3, 0.4) is 0 Å². The highest BCUT2D eigenvalue weighted by molar-refractivity contribution is 6.31. The summed E-state index contributed by atoms with van der Waals surface area (Å²) in [6.07, 6.45) is 0.927. The number of hydrogen-bond acceptors (Lipinski definition) is 4. The lowest BCUT2D eigenvalue weighted by atomic mass is 10.2. The van der Waals surface area contributed by atoms with Gasteiger partial charge in [-0.3, -0.25) is 10.1 Å². The van der Waals surface area contributed by atoms with Crippen molar-refractivity contribution in [3.8, 4) is 0 Å². The van der Waals surface area contributed by atoms with Crippen LogP contribution in [0.15, 0.2) is 18.2 Å². The van der Waals surface area contributed by atoms with Gasteiger partial charge < -0.3 is 15.1 Å². The van der Waals surface area contributed by atoms with Crippen molar-refractivity contribution < 1.29 is 9.59 Å². The van der Waals surface area contributed by atoms with Crippen LogP contribution in [-0.4, -0.2) is 45.7 Å². The first-order chi connectivity index (χ1) is 10.0. The lowest BCUT2D eigenvalue weighted by molar-refractivity contribution is -0.118. The van der Waals surface area contributed by atoms with E-state index in [4.69, 9.17) is 11.6 Å². The molecule has 1 aromatic carbocycles. The van der Waals surface area contributed by atoms with Crippen LogP contribution in [-0.2, 0) is 4.79 Å². The van der Waals surface area contributed by atoms with Crippen LogP contribution in [0, 0.1) is 0 Å².